The van der Waals surface area contributed by atoms with Gasteiger partial charge in [-0.25, -0.2) is 9.98 Å². The van der Waals surface area contributed by atoms with Crippen LogP contribution in [0.15, 0.2) is 70.3 Å². The molecule has 2 aromatic rings. The van der Waals surface area contributed by atoms with Crippen molar-refractivity contribution in [3.8, 4) is 0 Å². The molecule has 4 rings (SSSR count). The third-order valence-corrected chi connectivity index (χ3v) is 6.15. The topological polar surface area (TPSA) is 74.1 Å². The summed E-state index contributed by atoms with van der Waals surface area (Å²) in [4.78, 5) is 36.3. The average molecular weight is 457 g/mol. The number of rotatable bonds is 4. The zero-order valence-electron chi connectivity index (χ0n) is 20.4. The van der Waals surface area contributed by atoms with Crippen molar-refractivity contribution in [3.05, 3.63) is 82.6 Å². The second-order valence-electron chi connectivity index (χ2n) is 9.83. The Morgan fingerprint density at radius 2 is 1.68 bits per heavy atom. The number of aryl methyl sites for hydroxylation is 1. The number of benzene rings is 2. The molecule has 0 atom stereocenters. The molecule has 0 aromatic heterocycles. The van der Waals surface area contributed by atoms with E-state index in [0.29, 0.717) is 36.6 Å². The maximum absolute atomic E-state index is 12.9. The normalized spacial score (nSPS) is 15.6. The number of fused-ring (bicyclic) bond motifs is 1. The van der Waals surface area contributed by atoms with E-state index in [4.69, 9.17) is 0 Å². The summed E-state index contributed by atoms with van der Waals surface area (Å²) in [5.74, 6) is 0.0786. The standard InChI is InChI=1S/C28H32N4O2/c1-5-6-19-7-9-21(10-8-19)26(34)32-16-15-24-22(18-32)17-29-27(30-24)31-25(33)20-11-13-23(14-12-20)28(2,3)4/h7-14,18H,5-6,15-17H2,1-4H3,(H,29,31,33). The van der Waals surface area contributed by atoms with Crippen LogP contribution in [0.2, 0.25) is 0 Å². The molecule has 0 radical (unpaired) electrons. The Hall–Kier alpha value is -3.54. The van der Waals surface area contributed by atoms with E-state index in [1.807, 2.05) is 54.7 Å². The predicted octanol–water partition coefficient (Wildman–Crippen LogP) is 4.91. The molecule has 2 amide bonds. The summed E-state index contributed by atoms with van der Waals surface area (Å²) < 4.78 is 0. The number of guanidine groups is 1. The monoisotopic (exact) mass is 456 g/mol. The van der Waals surface area contributed by atoms with Gasteiger partial charge in [0, 0.05) is 35.9 Å². The summed E-state index contributed by atoms with van der Waals surface area (Å²) in [6.45, 7) is 9.50. The minimum absolute atomic E-state index is 0.0172. The van der Waals surface area contributed by atoms with Crippen molar-refractivity contribution < 1.29 is 9.59 Å². The van der Waals surface area contributed by atoms with Gasteiger partial charge in [0.25, 0.3) is 11.8 Å². The molecule has 2 aromatic carbocycles. The second-order valence-corrected chi connectivity index (χ2v) is 9.83. The van der Waals surface area contributed by atoms with E-state index >= 15 is 0 Å². The molecular formula is C28H32N4O2. The van der Waals surface area contributed by atoms with E-state index in [1.54, 1.807) is 4.90 Å². The SMILES string of the molecule is CCCc1ccc(C(=O)N2C=C3CN=C(NC(=O)c4ccc(C(C)(C)C)cc4)N=C3CC2)cc1. The molecule has 6 heteroatoms. The summed E-state index contributed by atoms with van der Waals surface area (Å²) in [7, 11) is 0. The first-order valence-corrected chi connectivity index (χ1v) is 11.9. The smallest absolute Gasteiger partial charge is 0.258 e. The lowest BCUT2D eigenvalue weighted by molar-refractivity contribution is 0.0822. The van der Waals surface area contributed by atoms with Gasteiger partial charge < -0.3 is 4.90 Å². The minimum Gasteiger partial charge on any atom is -0.314 e. The predicted molar refractivity (Wildman–Crippen MR) is 137 cm³/mol. The van der Waals surface area contributed by atoms with Crippen LogP contribution in [0.1, 0.15) is 72.4 Å². The first-order chi connectivity index (χ1) is 16.2. The fourth-order valence-corrected chi connectivity index (χ4v) is 4.09. The molecule has 2 heterocycles. The minimum atomic E-state index is -0.227. The van der Waals surface area contributed by atoms with Gasteiger partial charge in [0.05, 0.1) is 12.3 Å². The van der Waals surface area contributed by atoms with Crippen LogP contribution in [-0.2, 0) is 11.8 Å². The highest BCUT2D eigenvalue weighted by atomic mass is 16.2. The van der Waals surface area contributed by atoms with Crippen LogP contribution >= 0.6 is 0 Å². The van der Waals surface area contributed by atoms with Gasteiger partial charge in [-0.15, -0.1) is 0 Å². The molecule has 2 aliphatic rings. The van der Waals surface area contributed by atoms with E-state index in [-0.39, 0.29) is 17.2 Å². The van der Waals surface area contributed by atoms with Crippen molar-refractivity contribution in [2.75, 3.05) is 13.1 Å². The highest BCUT2D eigenvalue weighted by Gasteiger charge is 2.25. The molecule has 176 valence electrons. The molecular weight excluding hydrogens is 424 g/mol. The van der Waals surface area contributed by atoms with Crippen molar-refractivity contribution in [2.24, 2.45) is 9.98 Å². The van der Waals surface area contributed by atoms with Gasteiger partial charge in [0.1, 0.15) is 0 Å². The zero-order valence-corrected chi connectivity index (χ0v) is 20.4. The van der Waals surface area contributed by atoms with Gasteiger partial charge in [0.15, 0.2) is 0 Å². The number of amides is 2. The van der Waals surface area contributed by atoms with Crippen LogP contribution in [0, 0.1) is 0 Å². The van der Waals surface area contributed by atoms with Gasteiger partial charge in [-0.2, -0.15) is 0 Å². The molecule has 6 nitrogen and oxygen atoms in total. The molecule has 2 aliphatic heterocycles. The molecule has 0 aliphatic carbocycles. The third-order valence-electron chi connectivity index (χ3n) is 6.15. The summed E-state index contributed by atoms with van der Waals surface area (Å²) >= 11 is 0. The number of nitrogens with one attached hydrogen (secondary N) is 1. The van der Waals surface area contributed by atoms with E-state index in [2.05, 4.69) is 43.0 Å². The van der Waals surface area contributed by atoms with Crippen LogP contribution in [0.5, 0.6) is 0 Å². The van der Waals surface area contributed by atoms with Crippen LogP contribution in [0.3, 0.4) is 0 Å². The first kappa shape index (κ1) is 23.6. The van der Waals surface area contributed by atoms with Gasteiger partial charge in [-0.05, 0) is 47.2 Å². The maximum Gasteiger partial charge on any atom is 0.258 e. The van der Waals surface area contributed by atoms with Crippen molar-refractivity contribution in [2.45, 2.75) is 52.4 Å². The van der Waals surface area contributed by atoms with Gasteiger partial charge in [0.2, 0.25) is 5.96 Å². The van der Waals surface area contributed by atoms with E-state index < -0.39 is 0 Å². The first-order valence-electron chi connectivity index (χ1n) is 11.9. The molecule has 0 saturated carbocycles. The fourth-order valence-electron chi connectivity index (χ4n) is 4.09. The quantitative estimate of drug-likeness (QED) is 0.710. The number of carbonyl (C=O) groups excluding carboxylic acids is 2. The lowest BCUT2D eigenvalue weighted by Crippen LogP contribution is -2.37. The number of hydrogen-bond donors (Lipinski definition) is 1. The molecule has 0 bridgehead atoms. The largest absolute Gasteiger partial charge is 0.314 e. The van der Waals surface area contributed by atoms with Crippen LogP contribution in [0.25, 0.3) is 0 Å². The summed E-state index contributed by atoms with van der Waals surface area (Å²) in [5, 5.41) is 2.82. The fraction of sp³-hybridized carbons (Fsp3) is 0.357. The van der Waals surface area contributed by atoms with Gasteiger partial charge in [-0.1, -0.05) is 58.4 Å². The number of hydrogen-bond acceptors (Lipinski definition) is 4. The molecule has 0 unspecified atom stereocenters. The summed E-state index contributed by atoms with van der Waals surface area (Å²) in [5.41, 5.74) is 5.49. The van der Waals surface area contributed by atoms with Crippen molar-refractivity contribution in [3.63, 3.8) is 0 Å². The Morgan fingerprint density at radius 1 is 1.00 bits per heavy atom. The number of nitrogens with zero attached hydrogens (tertiary/aromatic N) is 3. The molecule has 0 fully saturated rings. The highest BCUT2D eigenvalue weighted by molar-refractivity contribution is 6.14. The third kappa shape index (κ3) is 5.33. The van der Waals surface area contributed by atoms with Crippen molar-refractivity contribution in [1.82, 2.24) is 10.2 Å². The Balaban J connectivity index is 1.40. The van der Waals surface area contributed by atoms with E-state index in [1.165, 1.54) is 11.1 Å². The van der Waals surface area contributed by atoms with Crippen molar-refractivity contribution >= 4 is 23.5 Å². The van der Waals surface area contributed by atoms with Crippen molar-refractivity contribution in [1.29, 1.82) is 0 Å². The lowest BCUT2D eigenvalue weighted by atomic mass is 9.87. The zero-order chi connectivity index (χ0) is 24.3. The van der Waals surface area contributed by atoms with Crippen LogP contribution < -0.4 is 5.32 Å². The molecule has 0 saturated heterocycles. The van der Waals surface area contributed by atoms with Gasteiger partial charge in [-0.3, -0.25) is 14.9 Å². The Kier molecular flexibility index (Phi) is 6.77. The lowest BCUT2D eigenvalue weighted by Gasteiger charge is -2.27. The second kappa shape index (κ2) is 9.75. The molecule has 1 N–H and O–H groups in total. The van der Waals surface area contributed by atoms with E-state index in [9.17, 15) is 9.59 Å². The Labute approximate surface area is 201 Å². The number of aliphatic imine (C=N–C) groups is 2. The Morgan fingerprint density at radius 3 is 2.32 bits per heavy atom. The average Bonchev–Trinajstić information content (AvgIpc) is 2.83. The van der Waals surface area contributed by atoms with Crippen LogP contribution in [-0.4, -0.2) is 41.5 Å². The van der Waals surface area contributed by atoms with E-state index in [0.717, 1.165) is 24.1 Å². The van der Waals surface area contributed by atoms with Crippen LogP contribution in [0.4, 0.5) is 0 Å². The molecule has 0 spiro atoms. The molecule has 34 heavy (non-hydrogen) atoms. The number of carbonyl (C=O) groups is 2. The summed E-state index contributed by atoms with van der Waals surface area (Å²) in [6.07, 6.45) is 4.57. The Bertz CT molecular complexity index is 1170. The highest BCUT2D eigenvalue weighted by Crippen LogP contribution is 2.22. The maximum atomic E-state index is 12.9. The summed E-state index contributed by atoms with van der Waals surface area (Å²) in [6, 6.07) is 15.5. The van der Waals surface area contributed by atoms with Gasteiger partial charge >= 0.3 is 0 Å².